The summed E-state index contributed by atoms with van der Waals surface area (Å²) in [6, 6.07) is 8.86. The minimum atomic E-state index is -0.610. The third-order valence-corrected chi connectivity index (χ3v) is 5.52. The molecular formula is C21H28N2O4. The summed E-state index contributed by atoms with van der Waals surface area (Å²) in [5.41, 5.74) is 0.850. The summed E-state index contributed by atoms with van der Waals surface area (Å²) < 4.78 is 5.09. The van der Waals surface area contributed by atoms with Gasteiger partial charge in [0, 0.05) is 18.2 Å². The molecule has 2 fully saturated rings. The Hall–Kier alpha value is -2.37. The summed E-state index contributed by atoms with van der Waals surface area (Å²) >= 11 is 0. The number of esters is 1. The summed E-state index contributed by atoms with van der Waals surface area (Å²) in [5, 5.41) is 2.51. The Morgan fingerprint density at radius 3 is 2.56 bits per heavy atom. The molecule has 3 rings (SSSR count). The summed E-state index contributed by atoms with van der Waals surface area (Å²) in [5.74, 6) is -1.10. The van der Waals surface area contributed by atoms with Crippen molar-refractivity contribution in [1.29, 1.82) is 0 Å². The quantitative estimate of drug-likeness (QED) is 0.805. The number of rotatable bonds is 5. The van der Waals surface area contributed by atoms with Crippen molar-refractivity contribution < 1.29 is 19.1 Å². The first-order valence-electron chi connectivity index (χ1n) is 9.46. The smallest absolute Gasteiger partial charge is 0.325 e. The second-order valence-corrected chi connectivity index (χ2v) is 8.94. The van der Waals surface area contributed by atoms with Gasteiger partial charge in [-0.25, -0.2) is 0 Å². The molecule has 0 radical (unpaired) electrons. The lowest BCUT2D eigenvalue weighted by molar-refractivity contribution is -0.151. The molecule has 0 spiro atoms. The predicted molar refractivity (Wildman–Crippen MR) is 101 cm³/mol. The Balaban J connectivity index is 1.45. The number of hydrogen-bond acceptors (Lipinski definition) is 4. The molecule has 6 heteroatoms. The van der Waals surface area contributed by atoms with Crippen molar-refractivity contribution in [3.05, 3.63) is 35.9 Å². The van der Waals surface area contributed by atoms with Crippen molar-refractivity contribution in [2.45, 2.75) is 46.1 Å². The van der Waals surface area contributed by atoms with Crippen LogP contribution in [0.1, 0.15) is 50.4 Å². The van der Waals surface area contributed by atoms with Crippen LogP contribution in [0, 0.1) is 10.8 Å². The molecule has 27 heavy (non-hydrogen) atoms. The fraction of sp³-hybridized carbons (Fsp3) is 0.571. The van der Waals surface area contributed by atoms with E-state index in [0.29, 0.717) is 5.56 Å². The van der Waals surface area contributed by atoms with Gasteiger partial charge in [-0.2, -0.15) is 0 Å². The SMILES string of the molecule is CC1(C)C[C@@H]2C[C@](C)(CN2C(=O)COC(=O)CNC(=O)c2ccccc2)C1. The number of fused-ring (bicyclic) bond motifs is 2. The Labute approximate surface area is 160 Å². The highest BCUT2D eigenvalue weighted by Crippen LogP contribution is 2.52. The number of carbonyl (C=O) groups excluding carboxylic acids is 3. The molecule has 1 N–H and O–H groups in total. The van der Waals surface area contributed by atoms with Crippen LogP contribution in [0.3, 0.4) is 0 Å². The maximum atomic E-state index is 12.6. The molecule has 0 unspecified atom stereocenters. The first-order valence-corrected chi connectivity index (χ1v) is 9.46. The lowest BCUT2D eigenvalue weighted by Crippen LogP contribution is -2.40. The highest BCUT2D eigenvalue weighted by Gasteiger charge is 2.50. The van der Waals surface area contributed by atoms with Gasteiger partial charge in [0.1, 0.15) is 6.54 Å². The number of carbonyl (C=O) groups is 3. The molecule has 1 aromatic carbocycles. The van der Waals surface area contributed by atoms with Crippen molar-refractivity contribution in [3.8, 4) is 0 Å². The summed E-state index contributed by atoms with van der Waals surface area (Å²) in [6.07, 6.45) is 3.10. The van der Waals surface area contributed by atoms with Gasteiger partial charge in [0.05, 0.1) is 0 Å². The largest absolute Gasteiger partial charge is 0.454 e. The molecule has 0 aromatic heterocycles. The lowest BCUT2D eigenvalue weighted by Gasteiger charge is -2.39. The van der Waals surface area contributed by atoms with E-state index in [1.54, 1.807) is 24.3 Å². The fourth-order valence-electron chi connectivity index (χ4n) is 4.87. The minimum absolute atomic E-state index is 0.149. The molecular weight excluding hydrogens is 344 g/mol. The van der Waals surface area contributed by atoms with E-state index in [-0.39, 0.29) is 41.8 Å². The Kier molecular flexibility index (Phi) is 5.27. The van der Waals surface area contributed by atoms with Crippen LogP contribution in [0.2, 0.25) is 0 Å². The number of nitrogens with zero attached hydrogens (tertiary/aromatic N) is 1. The molecule has 1 saturated heterocycles. The van der Waals surface area contributed by atoms with E-state index in [0.717, 1.165) is 25.8 Å². The van der Waals surface area contributed by atoms with E-state index in [1.165, 1.54) is 0 Å². The van der Waals surface area contributed by atoms with Crippen LogP contribution in [-0.4, -0.2) is 48.4 Å². The van der Waals surface area contributed by atoms with E-state index in [4.69, 9.17) is 4.74 Å². The Morgan fingerprint density at radius 2 is 1.85 bits per heavy atom. The molecule has 2 amide bonds. The molecule has 1 heterocycles. The number of ether oxygens (including phenoxy) is 1. The van der Waals surface area contributed by atoms with E-state index in [2.05, 4.69) is 26.1 Å². The number of hydrogen-bond donors (Lipinski definition) is 1. The zero-order valence-corrected chi connectivity index (χ0v) is 16.3. The maximum absolute atomic E-state index is 12.6. The van der Waals surface area contributed by atoms with Gasteiger partial charge in [0.25, 0.3) is 11.8 Å². The number of benzene rings is 1. The highest BCUT2D eigenvalue weighted by atomic mass is 16.5. The van der Waals surface area contributed by atoms with Gasteiger partial charge in [-0.15, -0.1) is 0 Å². The van der Waals surface area contributed by atoms with Crippen LogP contribution in [0.5, 0.6) is 0 Å². The van der Waals surface area contributed by atoms with Gasteiger partial charge in [0.15, 0.2) is 6.61 Å². The van der Waals surface area contributed by atoms with Gasteiger partial charge in [-0.05, 0) is 42.2 Å². The van der Waals surface area contributed by atoms with Crippen LogP contribution >= 0.6 is 0 Å². The van der Waals surface area contributed by atoms with E-state index in [9.17, 15) is 14.4 Å². The molecule has 1 aliphatic carbocycles. The van der Waals surface area contributed by atoms with Gasteiger partial charge >= 0.3 is 5.97 Å². The van der Waals surface area contributed by atoms with Crippen LogP contribution in [0.15, 0.2) is 30.3 Å². The molecule has 146 valence electrons. The minimum Gasteiger partial charge on any atom is -0.454 e. The fourth-order valence-corrected chi connectivity index (χ4v) is 4.87. The number of amides is 2. The van der Waals surface area contributed by atoms with Crippen molar-refractivity contribution in [1.82, 2.24) is 10.2 Å². The van der Waals surface area contributed by atoms with Gasteiger partial charge in [0.2, 0.25) is 0 Å². The van der Waals surface area contributed by atoms with E-state index >= 15 is 0 Å². The van der Waals surface area contributed by atoms with Crippen LogP contribution in [0.25, 0.3) is 0 Å². The third kappa shape index (κ3) is 4.67. The van der Waals surface area contributed by atoms with Gasteiger partial charge in [-0.3, -0.25) is 14.4 Å². The molecule has 1 saturated carbocycles. The van der Waals surface area contributed by atoms with Crippen molar-refractivity contribution in [2.75, 3.05) is 19.7 Å². The molecule has 2 atom stereocenters. The summed E-state index contributed by atoms with van der Waals surface area (Å²) in [4.78, 5) is 38.3. The standard InChI is InChI=1S/C21H28N2O4/c1-20(2)9-16-10-21(3,13-20)14-23(16)17(24)12-27-18(25)11-22-19(26)15-7-5-4-6-8-15/h4-8,16H,9-14H2,1-3H3,(H,22,26)/t16-,21+/m1/s1. The van der Waals surface area contributed by atoms with E-state index < -0.39 is 5.97 Å². The van der Waals surface area contributed by atoms with Crippen LogP contribution < -0.4 is 5.32 Å². The molecule has 1 aromatic rings. The second kappa shape index (κ2) is 7.33. The molecule has 2 aliphatic rings. The predicted octanol–water partition coefficient (Wildman–Crippen LogP) is 2.39. The first kappa shape index (κ1) is 19.4. The summed E-state index contributed by atoms with van der Waals surface area (Å²) in [6.45, 7) is 6.94. The van der Waals surface area contributed by atoms with Gasteiger partial charge < -0.3 is 15.0 Å². The highest BCUT2D eigenvalue weighted by molar-refractivity contribution is 5.96. The normalized spacial score (nSPS) is 25.7. The zero-order valence-electron chi connectivity index (χ0n) is 16.3. The average Bonchev–Trinajstić information content (AvgIpc) is 2.87. The second-order valence-electron chi connectivity index (χ2n) is 8.94. The van der Waals surface area contributed by atoms with Crippen molar-refractivity contribution in [2.24, 2.45) is 10.8 Å². The van der Waals surface area contributed by atoms with Crippen LogP contribution in [0.4, 0.5) is 0 Å². The monoisotopic (exact) mass is 372 g/mol. The van der Waals surface area contributed by atoms with Gasteiger partial charge in [-0.1, -0.05) is 39.0 Å². The maximum Gasteiger partial charge on any atom is 0.325 e. The average molecular weight is 372 g/mol. The number of nitrogens with one attached hydrogen (secondary N) is 1. The number of likely N-dealkylation sites (tertiary alicyclic amines) is 1. The first-order chi connectivity index (χ1) is 12.7. The summed E-state index contributed by atoms with van der Waals surface area (Å²) in [7, 11) is 0. The molecule has 1 aliphatic heterocycles. The Bertz CT molecular complexity index is 731. The van der Waals surface area contributed by atoms with Crippen LogP contribution in [-0.2, 0) is 14.3 Å². The third-order valence-electron chi connectivity index (χ3n) is 5.52. The Morgan fingerprint density at radius 1 is 1.15 bits per heavy atom. The molecule has 2 bridgehead atoms. The van der Waals surface area contributed by atoms with Crippen molar-refractivity contribution in [3.63, 3.8) is 0 Å². The topological polar surface area (TPSA) is 75.7 Å². The molecule has 6 nitrogen and oxygen atoms in total. The lowest BCUT2D eigenvalue weighted by atomic mass is 9.65. The zero-order chi connectivity index (χ0) is 19.7. The van der Waals surface area contributed by atoms with Crippen molar-refractivity contribution >= 4 is 17.8 Å². The van der Waals surface area contributed by atoms with E-state index in [1.807, 2.05) is 11.0 Å².